The van der Waals surface area contributed by atoms with Crippen LogP contribution in [0, 0.1) is 0 Å². The summed E-state index contributed by atoms with van der Waals surface area (Å²) in [7, 11) is 0. The summed E-state index contributed by atoms with van der Waals surface area (Å²) in [5.41, 5.74) is 0.0645. The van der Waals surface area contributed by atoms with Crippen molar-refractivity contribution in [1.29, 1.82) is 0 Å². The van der Waals surface area contributed by atoms with Crippen molar-refractivity contribution in [3.8, 4) is 0 Å². The first-order valence-corrected chi connectivity index (χ1v) is 4.01. The van der Waals surface area contributed by atoms with E-state index in [1.165, 1.54) is 6.07 Å². The molecule has 3 N–H and O–H groups in total. The maximum atomic E-state index is 11.7. The van der Waals surface area contributed by atoms with Gasteiger partial charge in [0.2, 0.25) is 0 Å². The van der Waals surface area contributed by atoms with E-state index in [2.05, 4.69) is 10.2 Å². The standard InChI is InChI=1S/C7H8F3N3O2/c8-7(9,10)6(15)11-2-1-4-3-5(14)13-12-4/h3H,1-2H2,(H,11,15)(H2,12,13,14). The molecule has 1 heterocycles. The Labute approximate surface area is 81.7 Å². The molecule has 0 unspecified atom stereocenters. The largest absolute Gasteiger partial charge is 0.471 e. The number of amides is 1. The van der Waals surface area contributed by atoms with Gasteiger partial charge in [-0.25, -0.2) is 0 Å². The third-order valence-electron chi connectivity index (χ3n) is 1.59. The Bertz CT molecular complexity index is 393. The Balaban J connectivity index is 2.34. The summed E-state index contributed by atoms with van der Waals surface area (Å²) in [6, 6.07) is 1.21. The summed E-state index contributed by atoms with van der Waals surface area (Å²) >= 11 is 0. The molecule has 0 bridgehead atoms. The van der Waals surface area contributed by atoms with Crippen LogP contribution in [0.15, 0.2) is 10.9 Å². The topological polar surface area (TPSA) is 77.8 Å². The summed E-state index contributed by atoms with van der Waals surface area (Å²) < 4.78 is 35.1. The molecule has 0 fully saturated rings. The van der Waals surface area contributed by atoms with Gasteiger partial charge in [0.1, 0.15) is 0 Å². The summed E-state index contributed by atoms with van der Waals surface area (Å²) in [6.45, 7) is -0.188. The van der Waals surface area contributed by atoms with Gasteiger partial charge in [0, 0.05) is 24.7 Å². The zero-order valence-electron chi connectivity index (χ0n) is 7.44. The molecule has 1 aromatic rings. The second kappa shape index (κ2) is 4.20. The predicted octanol–water partition coefficient (Wildman–Crippen LogP) is -0.0760. The third kappa shape index (κ3) is 3.49. The fourth-order valence-corrected chi connectivity index (χ4v) is 0.918. The van der Waals surface area contributed by atoms with E-state index in [0.717, 1.165) is 0 Å². The van der Waals surface area contributed by atoms with Crippen molar-refractivity contribution in [2.24, 2.45) is 0 Å². The zero-order chi connectivity index (χ0) is 11.5. The maximum Gasteiger partial charge on any atom is 0.471 e. The summed E-state index contributed by atoms with van der Waals surface area (Å²) in [5.74, 6) is -1.99. The number of rotatable bonds is 3. The van der Waals surface area contributed by atoms with Crippen molar-refractivity contribution in [3.05, 3.63) is 22.1 Å². The van der Waals surface area contributed by atoms with E-state index in [1.54, 1.807) is 5.32 Å². The second-order valence-electron chi connectivity index (χ2n) is 2.79. The van der Waals surface area contributed by atoms with Gasteiger partial charge >= 0.3 is 12.1 Å². The van der Waals surface area contributed by atoms with Gasteiger partial charge in [-0.1, -0.05) is 0 Å². The average Bonchev–Trinajstić information content (AvgIpc) is 2.49. The maximum absolute atomic E-state index is 11.7. The van der Waals surface area contributed by atoms with E-state index in [4.69, 9.17) is 0 Å². The number of halogens is 3. The van der Waals surface area contributed by atoms with Crippen molar-refractivity contribution in [1.82, 2.24) is 15.5 Å². The van der Waals surface area contributed by atoms with E-state index < -0.39 is 12.1 Å². The van der Waals surface area contributed by atoms with Crippen LogP contribution < -0.4 is 10.9 Å². The van der Waals surface area contributed by atoms with E-state index in [0.29, 0.717) is 5.69 Å². The van der Waals surface area contributed by atoms with Crippen molar-refractivity contribution >= 4 is 5.91 Å². The molecule has 0 saturated heterocycles. The molecule has 0 aromatic carbocycles. The monoisotopic (exact) mass is 223 g/mol. The smallest absolute Gasteiger partial charge is 0.348 e. The molecular weight excluding hydrogens is 215 g/mol. The van der Waals surface area contributed by atoms with Gasteiger partial charge in [-0.2, -0.15) is 13.2 Å². The van der Waals surface area contributed by atoms with Crippen LogP contribution >= 0.6 is 0 Å². The van der Waals surface area contributed by atoms with Gasteiger partial charge in [0.15, 0.2) is 0 Å². The quantitative estimate of drug-likeness (QED) is 0.670. The Kier molecular flexibility index (Phi) is 3.17. The lowest BCUT2D eigenvalue weighted by Crippen LogP contribution is -2.37. The molecule has 1 aromatic heterocycles. The lowest BCUT2D eigenvalue weighted by Gasteiger charge is -2.06. The number of alkyl halides is 3. The third-order valence-corrected chi connectivity index (χ3v) is 1.59. The highest BCUT2D eigenvalue weighted by molar-refractivity contribution is 5.81. The Hall–Kier alpha value is -1.73. The number of aromatic amines is 2. The lowest BCUT2D eigenvalue weighted by molar-refractivity contribution is -0.173. The molecule has 5 nitrogen and oxygen atoms in total. The highest BCUT2D eigenvalue weighted by Crippen LogP contribution is 2.13. The normalized spacial score (nSPS) is 11.4. The minimum Gasteiger partial charge on any atom is -0.348 e. The predicted molar refractivity (Wildman–Crippen MR) is 44.2 cm³/mol. The van der Waals surface area contributed by atoms with Crippen LogP contribution in [0.3, 0.4) is 0 Å². The van der Waals surface area contributed by atoms with Gasteiger partial charge in [0.05, 0.1) is 0 Å². The Morgan fingerprint density at radius 3 is 2.53 bits per heavy atom. The van der Waals surface area contributed by atoms with Gasteiger partial charge in [-0.15, -0.1) is 0 Å². The van der Waals surface area contributed by atoms with E-state index in [1.807, 2.05) is 0 Å². The average molecular weight is 223 g/mol. The van der Waals surface area contributed by atoms with E-state index in [9.17, 15) is 22.8 Å². The van der Waals surface area contributed by atoms with E-state index >= 15 is 0 Å². The van der Waals surface area contributed by atoms with Crippen LogP contribution in [0.2, 0.25) is 0 Å². The molecule has 0 spiro atoms. The molecule has 0 aliphatic carbocycles. The molecule has 8 heteroatoms. The molecule has 0 aliphatic rings. The number of carbonyl (C=O) groups excluding carboxylic acids is 1. The molecular formula is C7H8F3N3O2. The number of nitrogens with one attached hydrogen (secondary N) is 3. The Morgan fingerprint density at radius 1 is 1.40 bits per heavy atom. The number of carbonyl (C=O) groups is 1. The van der Waals surface area contributed by atoms with Crippen LogP contribution in [0.4, 0.5) is 13.2 Å². The number of hydrogen-bond acceptors (Lipinski definition) is 2. The first kappa shape index (κ1) is 11.3. The summed E-state index contributed by atoms with van der Waals surface area (Å²) in [6.07, 6.45) is -4.74. The van der Waals surface area contributed by atoms with Crippen LogP contribution in [0.1, 0.15) is 5.69 Å². The van der Waals surface area contributed by atoms with Crippen molar-refractivity contribution in [2.75, 3.05) is 6.54 Å². The first-order valence-electron chi connectivity index (χ1n) is 4.01. The first-order chi connectivity index (χ1) is 6.89. The SMILES string of the molecule is O=C(NCCc1cc(=O)[nH][nH]1)C(F)(F)F. The molecule has 1 amide bonds. The number of aromatic nitrogens is 2. The van der Waals surface area contributed by atoms with Gasteiger partial charge in [-0.05, 0) is 0 Å². The van der Waals surface area contributed by atoms with Gasteiger partial charge in [-0.3, -0.25) is 14.7 Å². The van der Waals surface area contributed by atoms with Crippen LogP contribution in [0.5, 0.6) is 0 Å². The minimum atomic E-state index is -4.87. The molecule has 15 heavy (non-hydrogen) atoms. The van der Waals surface area contributed by atoms with Crippen molar-refractivity contribution in [2.45, 2.75) is 12.6 Å². The van der Waals surface area contributed by atoms with E-state index in [-0.39, 0.29) is 18.5 Å². The van der Waals surface area contributed by atoms with Gasteiger partial charge in [0.25, 0.3) is 5.56 Å². The summed E-state index contributed by atoms with van der Waals surface area (Å²) in [5, 5.41) is 6.35. The highest BCUT2D eigenvalue weighted by atomic mass is 19.4. The number of H-pyrrole nitrogens is 2. The van der Waals surface area contributed by atoms with Crippen LogP contribution in [-0.4, -0.2) is 28.8 Å². The molecule has 0 aliphatic heterocycles. The Morgan fingerprint density at radius 2 is 2.07 bits per heavy atom. The lowest BCUT2D eigenvalue weighted by atomic mass is 10.3. The summed E-state index contributed by atoms with van der Waals surface area (Å²) in [4.78, 5) is 20.9. The fraction of sp³-hybridized carbons (Fsp3) is 0.429. The zero-order valence-corrected chi connectivity index (χ0v) is 7.44. The second-order valence-corrected chi connectivity index (χ2v) is 2.79. The molecule has 0 saturated carbocycles. The molecule has 0 atom stereocenters. The highest BCUT2D eigenvalue weighted by Gasteiger charge is 2.38. The molecule has 1 rings (SSSR count). The van der Waals surface area contributed by atoms with Crippen LogP contribution in [-0.2, 0) is 11.2 Å². The van der Waals surface area contributed by atoms with Crippen molar-refractivity contribution < 1.29 is 18.0 Å². The fourth-order valence-electron chi connectivity index (χ4n) is 0.918. The minimum absolute atomic E-state index is 0.126. The molecule has 84 valence electrons. The van der Waals surface area contributed by atoms with Crippen LogP contribution in [0.25, 0.3) is 0 Å². The van der Waals surface area contributed by atoms with Crippen molar-refractivity contribution in [3.63, 3.8) is 0 Å². The number of hydrogen-bond donors (Lipinski definition) is 3. The molecule has 0 radical (unpaired) electrons. The van der Waals surface area contributed by atoms with Gasteiger partial charge < -0.3 is 10.4 Å².